The highest BCUT2D eigenvalue weighted by molar-refractivity contribution is 5.99. The van der Waals surface area contributed by atoms with E-state index in [-0.39, 0.29) is 0 Å². The molecule has 1 fully saturated rings. The summed E-state index contributed by atoms with van der Waals surface area (Å²) in [4.78, 5) is 14.8. The standard InChI is InChI=1S/C25H24N8O/c1-17-6-7-18(13-26-17)22-16-33-25(29-22)23(32-8-10-34-11-9-32)12-24(31-33)30-28-15-19-14-27-21-5-3-2-4-20(19)21/h2-7,12-16,27H,8-11H2,1H3,(H,30,31). The Balaban J connectivity index is 1.36. The van der Waals surface area contributed by atoms with Gasteiger partial charge < -0.3 is 14.6 Å². The lowest BCUT2D eigenvalue weighted by Gasteiger charge is -2.29. The van der Waals surface area contributed by atoms with E-state index in [0.29, 0.717) is 19.0 Å². The fourth-order valence-corrected chi connectivity index (χ4v) is 4.18. The molecule has 1 aliphatic heterocycles. The molecule has 34 heavy (non-hydrogen) atoms. The van der Waals surface area contributed by atoms with Gasteiger partial charge in [-0.1, -0.05) is 18.2 Å². The zero-order valence-corrected chi connectivity index (χ0v) is 18.8. The second-order valence-corrected chi connectivity index (χ2v) is 8.26. The van der Waals surface area contributed by atoms with Gasteiger partial charge in [0.1, 0.15) is 0 Å². The summed E-state index contributed by atoms with van der Waals surface area (Å²) in [6, 6.07) is 14.2. The lowest BCUT2D eigenvalue weighted by Crippen LogP contribution is -2.36. The van der Waals surface area contributed by atoms with Crippen molar-refractivity contribution in [2.24, 2.45) is 5.10 Å². The molecule has 0 saturated carbocycles. The van der Waals surface area contributed by atoms with E-state index in [2.05, 4.69) is 31.5 Å². The molecule has 1 saturated heterocycles. The third kappa shape index (κ3) is 3.86. The van der Waals surface area contributed by atoms with Crippen molar-refractivity contribution in [2.75, 3.05) is 36.6 Å². The third-order valence-corrected chi connectivity index (χ3v) is 5.97. The van der Waals surface area contributed by atoms with Crippen LogP contribution in [0.15, 0.2) is 66.2 Å². The average Bonchev–Trinajstić information content (AvgIpc) is 3.49. The summed E-state index contributed by atoms with van der Waals surface area (Å²) in [7, 11) is 0. The van der Waals surface area contributed by atoms with Crippen LogP contribution in [-0.4, -0.2) is 57.1 Å². The van der Waals surface area contributed by atoms with Gasteiger partial charge in [-0.2, -0.15) is 5.10 Å². The van der Waals surface area contributed by atoms with Crippen LogP contribution >= 0.6 is 0 Å². The number of aryl methyl sites for hydroxylation is 1. The number of hydrogen-bond donors (Lipinski definition) is 2. The minimum atomic E-state index is 0.635. The Kier molecular flexibility index (Phi) is 5.15. The van der Waals surface area contributed by atoms with Gasteiger partial charge in [-0.15, -0.1) is 5.10 Å². The molecule has 170 valence electrons. The smallest absolute Gasteiger partial charge is 0.177 e. The van der Waals surface area contributed by atoms with Crippen LogP contribution in [0.3, 0.4) is 0 Å². The highest BCUT2D eigenvalue weighted by Crippen LogP contribution is 2.28. The minimum Gasteiger partial charge on any atom is -0.378 e. The number of aromatic amines is 1. The van der Waals surface area contributed by atoms with E-state index < -0.39 is 0 Å². The molecule has 0 spiro atoms. The lowest BCUT2D eigenvalue weighted by molar-refractivity contribution is 0.123. The number of anilines is 2. The number of ether oxygens (including phenoxy) is 1. The number of hydrogen-bond acceptors (Lipinski definition) is 7. The van der Waals surface area contributed by atoms with Gasteiger partial charge in [0.2, 0.25) is 0 Å². The van der Waals surface area contributed by atoms with Gasteiger partial charge in [-0.25, -0.2) is 9.50 Å². The largest absolute Gasteiger partial charge is 0.378 e. The summed E-state index contributed by atoms with van der Waals surface area (Å²) in [5, 5.41) is 10.3. The molecular formula is C25H24N8O. The Bertz CT molecular complexity index is 1480. The van der Waals surface area contributed by atoms with E-state index in [1.54, 1.807) is 6.21 Å². The van der Waals surface area contributed by atoms with Crippen LogP contribution in [0.5, 0.6) is 0 Å². The number of aromatic nitrogens is 5. The van der Waals surface area contributed by atoms with E-state index in [1.165, 1.54) is 0 Å². The molecule has 5 aromatic rings. The van der Waals surface area contributed by atoms with Crippen molar-refractivity contribution in [1.82, 2.24) is 24.6 Å². The quantitative estimate of drug-likeness (QED) is 0.311. The minimum absolute atomic E-state index is 0.635. The van der Waals surface area contributed by atoms with Gasteiger partial charge >= 0.3 is 0 Å². The predicted molar refractivity (Wildman–Crippen MR) is 134 cm³/mol. The molecule has 1 aromatic carbocycles. The Morgan fingerprint density at radius 2 is 2.03 bits per heavy atom. The maximum absolute atomic E-state index is 5.56. The molecule has 4 aromatic heterocycles. The van der Waals surface area contributed by atoms with Crippen molar-refractivity contribution in [3.63, 3.8) is 0 Å². The second-order valence-electron chi connectivity index (χ2n) is 8.26. The molecule has 6 rings (SSSR count). The van der Waals surface area contributed by atoms with Gasteiger partial charge in [-0.05, 0) is 25.1 Å². The van der Waals surface area contributed by atoms with Crippen molar-refractivity contribution in [3.8, 4) is 11.3 Å². The predicted octanol–water partition coefficient (Wildman–Crippen LogP) is 3.86. The monoisotopic (exact) mass is 452 g/mol. The van der Waals surface area contributed by atoms with Crippen molar-refractivity contribution in [1.29, 1.82) is 0 Å². The Hall–Kier alpha value is -4.24. The summed E-state index contributed by atoms with van der Waals surface area (Å²) in [6.07, 6.45) is 7.52. The van der Waals surface area contributed by atoms with Gasteiger partial charge in [-0.3, -0.25) is 10.4 Å². The first-order chi connectivity index (χ1) is 16.7. The van der Waals surface area contributed by atoms with E-state index >= 15 is 0 Å². The molecule has 0 bridgehead atoms. The van der Waals surface area contributed by atoms with Gasteiger partial charge in [0, 0.05) is 59.3 Å². The topological polar surface area (TPSA) is 95.7 Å². The molecule has 0 aliphatic carbocycles. The van der Waals surface area contributed by atoms with Crippen LogP contribution in [-0.2, 0) is 4.74 Å². The Morgan fingerprint density at radius 1 is 1.15 bits per heavy atom. The number of nitrogens with zero attached hydrogens (tertiary/aromatic N) is 6. The lowest BCUT2D eigenvalue weighted by atomic mass is 10.2. The van der Waals surface area contributed by atoms with Crippen LogP contribution in [0.2, 0.25) is 0 Å². The first kappa shape index (κ1) is 20.4. The van der Waals surface area contributed by atoms with Gasteiger partial charge in [0.25, 0.3) is 0 Å². The molecule has 2 N–H and O–H groups in total. The maximum Gasteiger partial charge on any atom is 0.177 e. The number of para-hydroxylation sites is 1. The fourth-order valence-electron chi connectivity index (χ4n) is 4.18. The van der Waals surface area contributed by atoms with Crippen molar-refractivity contribution in [3.05, 3.63) is 72.3 Å². The molecule has 0 amide bonds. The number of H-pyrrole nitrogens is 1. The zero-order chi connectivity index (χ0) is 22.9. The molecule has 9 heteroatoms. The highest BCUT2D eigenvalue weighted by Gasteiger charge is 2.19. The SMILES string of the molecule is Cc1ccc(-c2cn3nc(NN=Cc4c[nH]c5ccccc45)cc(N4CCOCC4)c3n2)cn1. The van der Waals surface area contributed by atoms with E-state index in [0.717, 1.165) is 57.8 Å². The molecule has 5 heterocycles. The number of imidazole rings is 1. The Labute approximate surface area is 196 Å². The third-order valence-electron chi connectivity index (χ3n) is 5.97. The summed E-state index contributed by atoms with van der Waals surface area (Å²) >= 11 is 0. The number of pyridine rings is 1. The molecule has 0 atom stereocenters. The summed E-state index contributed by atoms with van der Waals surface area (Å²) in [6.45, 7) is 4.94. The second kappa shape index (κ2) is 8.60. The van der Waals surface area contributed by atoms with Crippen LogP contribution in [0.1, 0.15) is 11.3 Å². The summed E-state index contributed by atoms with van der Waals surface area (Å²) in [5.41, 5.74) is 9.73. The number of rotatable bonds is 5. The van der Waals surface area contributed by atoms with E-state index in [4.69, 9.17) is 14.8 Å². The number of benzene rings is 1. The highest BCUT2D eigenvalue weighted by atomic mass is 16.5. The maximum atomic E-state index is 5.56. The van der Waals surface area contributed by atoms with Crippen molar-refractivity contribution >= 4 is 34.3 Å². The molecule has 0 radical (unpaired) electrons. The first-order valence-electron chi connectivity index (χ1n) is 11.3. The number of hydrazone groups is 1. The zero-order valence-electron chi connectivity index (χ0n) is 18.8. The van der Waals surface area contributed by atoms with Crippen LogP contribution < -0.4 is 10.3 Å². The normalized spacial score (nSPS) is 14.4. The average molecular weight is 453 g/mol. The van der Waals surface area contributed by atoms with Crippen molar-refractivity contribution < 1.29 is 4.74 Å². The number of fused-ring (bicyclic) bond motifs is 2. The van der Waals surface area contributed by atoms with Crippen LogP contribution in [0, 0.1) is 6.92 Å². The van der Waals surface area contributed by atoms with E-state index in [1.807, 2.05) is 66.4 Å². The molecule has 1 aliphatic rings. The Morgan fingerprint density at radius 3 is 2.88 bits per heavy atom. The first-order valence-corrected chi connectivity index (χ1v) is 11.3. The number of morpholine rings is 1. The van der Waals surface area contributed by atoms with Crippen LogP contribution in [0.4, 0.5) is 11.5 Å². The fraction of sp³-hybridized carbons (Fsp3) is 0.200. The van der Waals surface area contributed by atoms with Crippen molar-refractivity contribution in [2.45, 2.75) is 6.92 Å². The summed E-state index contributed by atoms with van der Waals surface area (Å²) in [5.74, 6) is 0.635. The molecule has 0 unspecified atom stereocenters. The summed E-state index contributed by atoms with van der Waals surface area (Å²) < 4.78 is 7.36. The van der Waals surface area contributed by atoms with Gasteiger partial charge in [0.05, 0.1) is 37.0 Å². The van der Waals surface area contributed by atoms with Gasteiger partial charge in [0.15, 0.2) is 11.5 Å². The molecular weight excluding hydrogens is 428 g/mol. The number of nitrogens with one attached hydrogen (secondary N) is 2. The van der Waals surface area contributed by atoms with Crippen LogP contribution in [0.25, 0.3) is 27.8 Å². The molecule has 9 nitrogen and oxygen atoms in total. The van der Waals surface area contributed by atoms with E-state index in [9.17, 15) is 0 Å².